The molecule has 0 saturated carbocycles. The fourth-order valence-corrected chi connectivity index (χ4v) is 3.99. The minimum absolute atomic E-state index is 0.320. The van der Waals surface area contributed by atoms with Crippen molar-refractivity contribution in [2.24, 2.45) is 0 Å². The summed E-state index contributed by atoms with van der Waals surface area (Å²) in [6.07, 6.45) is 1.43. The Kier molecular flexibility index (Phi) is 4.32. The van der Waals surface area contributed by atoms with E-state index in [1.807, 2.05) is 0 Å². The lowest BCUT2D eigenvalue weighted by Gasteiger charge is -2.36. The molecule has 0 aromatic carbocycles. The van der Waals surface area contributed by atoms with Crippen LogP contribution >= 0.6 is 7.60 Å². The molecule has 1 unspecified atom stereocenters. The van der Waals surface area contributed by atoms with Gasteiger partial charge in [0.05, 0.1) is 13.2 Å². The van der Waals surface area contributed by atoms with Crippen LogP contribution in [0.5, 0.6) is 0 Å². The molecule has 90 valence electrons. The summed E-state index contributed by atoms with van der Waals surface area (Å²) in [6, 6.07) is 0. The molecule has 1 aliphatic rings. The third-order valence-electron chi connectivity index (χ3n) is 2.76. The van der Waals surface area contributed by atoms with Crippen molar-refractivity contribution in [3.8, 4) is 0 Å². The average molecular weight is 237 g/mol. The first-order valence-corrected chi connectivity index (χ1v) is 6.90. The van der Waals surface area contributed by atoms with Gasteiger partial charge in [-0.15, -0.1) is 0 Å². The molecule has 1 rings (SSSR count). The summed E-state index contributed by atoms with van der Waals surface area (Å²) in [5, 5.41) is 9.94. The predicted molar refractivity (Wildman–Crippen MR) is 57.0 cm³/mol. The molecule has 1 aliphatic heterocycles. The van der Waals surface area contributed by atoms with E-state index in [9.17, 15) is 9.77 Å². The minimum atomic E-state index is -3.26. The first kappa shape index (κ1) is 13.1. The highest BCUT2D eigenvalue weighted by Gasteiger charge is 2.53. The maximum absolute atomic E-state index is 12.5. The molecule has 15 heavy (non-hydrogen) atoms. The topological polar surface area (TPSA) is 59.0 Å². The van der Waals surface area contributed by atoms with E-state index in [2.05, 4.69) is 0 Å². The molecule has 1 saturated heterocycles. The Balaban J connectivity index is 2.92. The highest BCUT2D eigenvalue weighted by Crippen LogP contribution is 2.64. The molecule has 1 fully saturated rings. The molecule has 0 spiro atoms. The zero-order chi connectivity index (χ0) is 11.5. The van der Waals surface area contributed by atoms with Gasteiger partial charge in [-0.3, -0.25) is 4.57 Å². The molecule has 0 bridgehead atoms. The molecule has 1 heterocycles. The zero-order valence-electron chi connectivity index (χ0n) is 9.60. The fourth-order valence-electron chi connectivity index (χ4n) is 1.87. The minimum Gasteiger partial charge on any atom is -0.313 e. The maximum atomic E-state index is 12.5. The molecular weight excluding hydrogens is 217 g/mol. The Morgan fingerprint density at radius 1 is 1.40 bits per heavy atom. The van der Waals surface area contributed by atoms with Gasteiger partial charge in [0.1, 0.15) is 5.28 Å². The summed E-state index contributed by atoms with van der Waals surface area (Å²) in [5.74, 6) is 0. The van der Waals surface area contributed by atoms with Gasteiger partial charge in [-0.1, -0.05) is 0 Å². The Labute approximate surface area is 90.9 Å². The maximum Gasteiger partial charge on any atom is 0.352 e. The van der Waals surface area contributed by atoms with Crippen LogP contribution in [-0.2, 0) is 13.6 Å². The van der Waals surface area contributed by atoms with Gasteiger partial charge >= 0.3 is 7.60 Å². The predicted octanol–water partition coefficient (Wildman–Crippen LogP) is 2.45. The molecule has 0 aliphatic carbocycles. The quantitative estimate of drug-likeness (QED) is 0.744. The molecule has 6 heteroatoms. The van der Waals surface area contributed by atoms with Gasteiger partial charge in [0.25, 0.3) is 0 Å². The summed E-state index contributed by atoms with van der Waals surface area (Å²) in [7, 11) is -3.26. The Bertz CT molecular complexity index is 250. The van der Waals surface area contributed by atoms with Crippen LogP contribution in [0.2, 0.25) is 0 Å². The van der Waals surface area contributed by atoms with Crippen molar-refractivity contribution in [2.45, 2.75) is 38.9 Å². The van der Waals surface area contributed by atoms with E-state index in [0.717, 1.165) is 11.5 Å². The zero-order valence-corrected chi connectivity index (χ0v) is 10.5. The molecule has 0 aromatic heterocycles. The van der Waals surface area contributed by atoms with Crippen LogP contribution in [0.15, 0.2) is 0 Å². The van der Waals surface area contributed by atoms with Crippen LogP contribution in [0, 0.1) is 0 Å². The Hall–Kier alpha value is 0.0700. The van der Waals surface area contributed by atoms with Crippen LogP contribution in [-0.4, -0.2) is 35.3 Å². The third kappa shape index (κ3) is 2.27. The van der Waals surface area contributed by atoms with Gasteiger partial charge in [-0.05, 0) is 33.6 Å². The Morgan fingerprint density at radius 3 is 2.27 bits per heavy atom. The second-order valence-corrected chi connectivity index (χ2v) is 6.25. The summed E-state index contributed by atoms with van der Waals surface area (Å²) in [6.45, 7) is 6.42. The highest BCUT2D eigenvalue weighted by atomic mass is 31.2. The van der Waals surface area contributed by atoms with Crippen molar-refractivity contribution in [1.82, 2.24) is 5.06 Å². The Morgan fingerprint density at radius 2 is 1.93 bits per heavy atom. The van der Waals surface area contributed by atoms with E-state index in [1.165, 1.54) is 0 Å². The summed E-state index contributed by atoms with van der Waals surface area (Å²) >= 11 is 0. The number of hydrogen-bond donors (Lipinski definition) is 1. The smallest absolute Gasteiger partial charge is 0.313 e. The first-order valence-electron chi connectivity index (χ1n) is 5.36. The van der Waals surface area contributed by atoms with E-state index in [1.54, 1.807) is 20.8 Å². The first-order chi connectivity index (χ1) is 7.00. The highest BCUT2D eigenvalue weighted by molar-refractivity contribution is 7.55. The normalized spacial score (nSPS) is 28.5. The van der Waals surface area contributed by atoms with Crippen molar-refractivity contribution in [1.29, 1.82) is 0 Å². The van der Waals surface area contributed by atoms with Crippen LogP contribution in [0.4, 0.5) is 0 Å². The van der Waals surface area contributed by atoms with Crippen molar-refractivity contribution in [3.05, 3.63) is 0 Å². The summed E-state index contributed by atoms with van der Waals surface area (Å²) in [4.78, 5) is 0. The van der Waals surface area contributed by atoms with Crippen LogP contribution in [0.3, 0.4) is 0 Å². The third-order valence-corrected chi connectivity index (χ3v) is 5.60. The van der Waals surface area contributed by atoms with Crippen molar-refractivity contribution < 1.29 is 18.8 Å². The van der Waals surface area contributed by atoms with Gasteiger partial charge in [0.2, 0.25) is 0 Å². The number of rotatable bonds is 5. The molecule has 1 N–H and O–H groups in total. The molecular formula is C9H20NO4P. The molecule has 0 aromatic rings. The summed E-state index contributed by atoms with van der Waals surface area (Å²) < 4.78 is 23.0. The van der Waals surface area contributed by atoms with Crippen LogP contribution in [0.25, 0.3) is 0 Å². The lowest BCUT2D eigenvalue weighted by molar-refractivity contribution is -0.121. The van der Waals surface area contributed by atoms with Gasteiger partial charge in [0, 0.05) is 6.54 Å². The van der Waals surface area contributed by atoms with Gasteiger partial charge in [0.15, 0.2) is 0 Å². The van der Waals surface area contributed by atoms with Crippen molar-refractivity contribution in [3.63, 3.8) is 0 Å². The molecule has 5 nitrogen and oxygen atoms in total. The van der Waals surface area contributed by atoms with E-state index >= 15 is 0 Å². The number of hydroxylamine groups is 2. The van der Waals surface area contributed by atoms with E-state index < -0.39 is 12.9 Å². The number of hydrogen-bond acceptors (Lipinski definition) is 5. The van der Waals surface area contributed by atoms with Crippen LogP contribution < -0.4 is 0 Å². The molecule has 0 radical (unpaired) electrons. The van der Waals surface area contributed by atoms with Crippen molar-refractivity contribution >= 4 is 7.60 Å². The van der Waals surface area contributed by atoms with E-state index in [4.69, 9.17) is 9.05 Å². The second-order valence-electron chi connectivity index (χ2n) is 3.78. The van der Waals surface area contributed by atoms with Gasteiger partial charge in [-0.2, -0.15) is 5.06 Å². The molecule has 1 atom stereocenters. The lowest BCUT2D eigenvalue weighted by atomic mass is 10.2. The average Bonchev–Trinajstić information content (AvgIpc) is 2.49. The van der Waals surface area contributed by atoms with E-state index in [-0.39, 0.29) is 0 Å². The fraction of sp³-hybridized carbons (Fsp3) is 1.00. The van der Waals surface area contributed by atoms with Gasteiger partial charge < -0.3 is 14.3 Å². The molecule has 0 amide bonds. The number of nitrogens with zero attached hydrogens (tertiary/aromatic N) is 1. The van der Waals surface area contributed by atoms with Gasteiger partial charge in [-0.25, -0.2) is 0 Å². The summed E-state index contributed by atoms with van der Waals surface area (Å²) in [5.41, 5.74) is 0. The van der Waals surface area contributed by atoms with E-state index in [0.29, 0.717) is 26.2 Å². The van der Waals surface area contributed by atoms with Crippen LogP contribution in [0.1, 0.15) is 33.6 Å². The monoisotopic (exact) mass is 237 g/mol. The second kappa shape index (κ2) is 4.93. The SMILES string of the molecule is CCOP(=O)(OCC)C1(C)CCCN1O. The lowest BCUT2D eigenvalue weighted by Crippen LogP contribution is -2.39. The largest absolute Gasteiger partial charge is 0.352 e. The van der Waals surface area contributed by atoms with Crippen molar-refractivity contribution in [2.75, 3.05) is 19.8 Å². The standard InChI is InChI=1S/C9H20NO4P/c1-4-13-15(12,14-5-2)9(3)7-6-8-10(9)11/h11H,4-8H2,1-3H3.